The highest BCUT2D eigenvalue weighted by Gasteiger charge is 2.49. The van der Waals surface area contributed by atoms with Gasteiger partial charge < -0.3 is 29.3 Å². The molecule has 1 spiro atoms. The van der Waals surface area contributed by atoms with Gasteiger partial charge in [-0.15, -0.1) is 9.46 Å². The monoisotopic (exact) mass is 861 g/mol. The highest BCUT2D eigenvalue weighted by atomic mass is 35.5. The molecule has 3 amide bonds. The molecule has 1 saturated carbocycles. The number of halogens is 1. The van der Waals surface area contributed by atoms with E-state index >= 15 is 0 Å². The molecule has 3 aliphatic heterocycles. The molecule has 1 unspecified atom stereocenters. The Morgan fingerprint density at radius 1 is 1.12 bits per heavy atom. The van der Waals surface area contributed by atoms with E-state index in [0.29, 0.717) is 55.7 Å². The van der Waals surface area contributed by atoms with Gasteiger partial charge in [-0.25, -0.2) is 4.21 Å². The van der Waals surface area contributed by atoms with Crippen LogP contribution in [0.1, 0.15) is 77.3 Å². The predicted octanol–water partition coefficient (Wildman–Crippen LogP) is 5.03. The second kappa shape index (κ2) is 16.8. The molecule has 60 heavy (non-hydrogen) atoms. The summed E-state index contributed by atoms with van der Waals surface area (Å²) >= 11 is 6.50. The van der Waals surface area contributed by atoms with E-state index in [2.05, 4.69) is 36.1 Å². The molecule has 6 atom stereocenters. The van der Waals surface area contributed by atoms with E-state index in [0.717, 1.165) is 45.2 Å². The molecule has 5 aliphatic rings. The van der Waals surface area contributed by atoms with E-state index in [4.69, 9.17) is 21.1 Å². The molecule has 8 rings (SSSR count). The van der Waals surface area contributed by atoms with Crippen LogP contribution >= 0.6 is 11.6 Å². The molecular formula is C44H56ClN7O7S. The number of rotatable bonds is 5. The Morgan fingerprint density at radius 3 is 2.67 bits per heavy atom. The molecule has 0 radical (unpaired) electrons. The van der Waals surface area contributed by atoms with Crippen LogP contribution in [0.5, 0.6) is 11.6 Å². The van der Waals surface area contributed by atoms with Crippen molar-refractivity contribution in [2.24, 2.45) is 29.2 Å². The first kappa shape index (κ1) is 42.3. The van der Waals surface area contributed by atoms with Crippen LogP contribution in [0.3, 0.4) is 0 Å². The summed E-state index contributed by atoms with van der Waals surface area (Å²) in [6, 6.07) is 11.3. The number of likely N-dealkylation sites (N-methyl/N-ethyl adjacent to an activating group) is 1. The van der Waals surface area contributed by atoms with Crippen LogP contribution in [0.25, 0.3) is 0 Å². The molecule has 16 heteroatoms. The number of nitrogens with one attached hydrogen (secondary N) is 1. The normalized spacial score (nSPS) is 30.2. The maximum absolute atomic E-state index is 14.8. The number of ether oxygens (including phenoxy) is 2. The first-order chi connectivity index (χ1) is 28.7. The third-order valence-corrected chi connectivity index (χ3v) is 15.5. The number of aliphatic hydroxyl groups is 1. The Bertz CT molecular complexity index is 2320. The summed E-state index contributed by atoms with van der Waals surface area (Å²) in [5, 5.41) is 17.6. The smallest absolute Gasteiger partial charge is 0.286 e. The Hall–Kier alpha value is -4.44. The van der Waals surface area contributed by atoms with Crippen molar-refractivity contribution < 1.29 is 33.2 Å². The number of amides is 3. The summed E-state index contributed by atoms with van der Waals surface area (Å²) in [7, 11) is 1.33. The molecular weight excluding hydrogens is 806 g/mol. The minimum Gasteiger partial charge on any atom is -0.490 e. The quantitative estimate of drug-likeness (QED) is 0.334. The number of fused-ring (bicyclic) bond motifs is 4. The molecule has 2 aliphatic carbocycles. The van der Waals surface area contributed by atoms with E-state index in [1.165, 1.54) is 29.1 Å². The van der Waals surface area contributed by atoms with Gasteiger partial charge in [0.25, 0.3) is 11.8 Å². The van der Waals surface area contributed by atoms with Crippen molar-refractivity contribution in [2.45, 2.75) is 62.9 Å². The summed E-state index contributed by atoms with van der Waals surface area (Å²) < 4.78 is 35.1. The van der Waals surface area contributed by atoms with E-state index in [1.54, 1.807) is 31.3 Å². The molecule has 1 saturated heterocycles. The van der Waals surface area contributed by atoms with E-state index < -0.39 is 27.3 Å². The maximum atomic E-state index is 14.8. The van der Waals surface area contributed by atoms with Crippen molar-refractivity contribution in [3.63, 3.8) is 0 Å². The maximum Gasteiger partial charge on any atom is 0.286 e. The first-order valence-corrected chi connectivity index (χ1v) is 23.1. The molecule has 3 aromatic rings. The number of carbonyl (C=O) groups is 3. The molecule has 2 aromatic carbocycles. The van der Waals surface area contributed by atoms with E-state index in [-0.39, 0.29) is 58.3 Å². The fourth-order valence-corrected chi connectivity index (χ4v) is 12.0. The van der Waals surface area contributed by atoms with Crippen molar-refractivity contribution in [2.75, 3.05) is 70.7 Å². The average molecular weight is 862 g/mol. The lowest BCUT2D eigenvalue weighted by molar-refractivity contribution is -0.141. The van der Waals surface area contributed by atoms with Crippen LogP contribution in [0.2, 0.25) is 5.02 Å². The van der Waals surface area contributed by atoms with Gasteiger partial charge in [0.1, 0.15) is 21.2 Å². The number of anilines is 1. The summed E-state index contributed by atoms with van der Waals surface area (Å²) in [6.45, 7) is 6.16. The van der Waals surface area contributed by atoms with Crippen LogP contribution in [0.4, 0.5) is 5.69 Å². The summed E-state index contributed by atoms with van der Waals surface area (Å²) in [4.78, 5) is 48.2. The van der Waals surface area contributed by atoms with Crippen LogP contribution in [0.15, 0.2) is 59.1 Å². The van der Waals surface area contributed by atoms with Gasteiger partial charge >= 0.3 is 0 Å². The number of carbonyl (C=O) groups excluding carboxylic acids is 3. The van der Waals surface area contributed by atoms with Crippen molar-refractivity contribution in [1.82, 2.24) is 24.3 Å². The Kier molecular flexibility index (Phi) is 11.8. The average Bonchev–Trinajstić information content (AvgIpc) is 3.51. The third kappa shape index (κ3) is 8.55. The second-order valence-corrected chi connectivity index (χ2v) is 20.1. The summed E-state index contributed by atoms with van der Waals surface area (Å²) in [5.74, 6) is -1.60. The number of benzene rings is 2. The fourth-order valence-electron chi connectivity index (χ4n) is 9.92. The Morgan fingerprint density at radius 2 is 1.92 bits per heavy atom. The number of allylic oxidation sites excluding steroid dienone is 1. The minimum atomic E-state index is -3.74. The largest absolute Gasteiger partial charge is 0.490 e. The fraction of sp³-hybridized carbons (Fsp3) is 0.545. The van der Waals surface area contributed by atoms with Gasteiger partial charge in [0.15, 0.2) is 0 Å². The highest BCUT2D eigenvalue weighted by molar-refractivity contribution is 7.92. The van der Waals surface area contributed by atoms with Crippen LogP contribution in [-0.2, 0) is 33.6 Å². The van der Waals surface area contributed by atoms with Gasteiger partial charge in [0.2, 0.25) is 11.8 Å². The zero-order valence-corrected chi connectivity index (χ0v) is 36.5. The molecule has 2 N–H and O–H groups in total. The van der Waals surface area contributed by atoms with Crippen LogP contribution in [0, 0.1) is 17.8 Å². The predicted molar refractivity (Wildman–Crippen MR) is 230 cm³/mol. The van der Waals surface area contributed by atoms with E-state index in [9.17, 15) is 23.7 Å². The van der Waals surface area contributed by atoms with Gasteiger partial charge in [-0.3, -0.25) is 23.8 Å². The molecule has 1 aromatic heterocycles. The zero-order chi connectivity index (χ0) is 42.4. The lowest BCUT2D eigenvalue weighted by Gasteiger charge is -2.49. The van der Waals surface area contributed by atoms with Gasteiger partial charge in [-0.1, -0.05) is 36.7 Å². The van der Waals surface area contributed by atoms with Crippen molar-refractivity contribution >= 4 is 44.9 Å². The lowest BCUT2D eigenvalue weighted by Crippen LogP contribution is -2.55. The van der Waals surface area contributed by atoms with Gasteiger partial charge in [-0.2, -0.15) is 0 Å². The summed E-state index contributed by atoms with van der Waals surface area (Å²) in [5.41, 5.74) is 1.52. The standard InChI is InChI=1S/C44H56ClN7O7S/c1-29-7-5-16-44(56,23-39(53)51-19-17-49(2)18-20-51)36-12-9-32(36)24-52-27-43(15-6-8-30-21-33(45)11-13-35(30)43)28-59-38-14-10-31(22-37(38)52)40(54)47-60(57,26-29)48-41(55)34-25-50(3)46-42(34)58-4/h5,10-11,13-14,16,21-22,25,29,32,36,56H,6-9,12,15,17-20,23-24,26-28H2,1-4H3,(H,47,48,54,55,57)/b16-5-/t29-,32-,36+,43-,44-,60?/m0/s1. The lowest BCUT2D eigenvalue weighted by atomic mass is 9.63. The number of hydrogen-bond acceptors (Lipinski definition) is 10. The topological polar surface area (TPSA) is 159 Å². The van der Waals surface area contributed by atoms with Crippen LogP contribution in [-0.4, -0.2) is 118 Å². The minimum absolute atomic E-state index is 0.0315. The number of piperazine rings is 1. The van der Waals surface area contributed by atoms with Gasteiger partial charge in [0, 0.05) is 68.5 Å². The van der Waals surface area contributed by atoms with Crippen molar-refractivity contribution in [1.29, 1.82) is 0 Å². The SMILES string of the molecule is COc1nn(C)cc1C(=O)NS1(=O)=NC(=O)c2ccc3c(c2)N(C[C@@H]2CC[C@H]2[C@@](O)(CC(=O)N2CCN(C)CC2)/C=C\C[C@H](C)C1)C[C@@]1(CCCc2cc(Cl)ccc21)CO3. The molecule has 2 fully saturated rings. The summed E-state index contributed by atoms with van der Waals surface area (Å²) in [6.07, 6.45) is 9.76. The van der Waals surface area contributed by atoms with Gasteiger partial charge in [-0.05, 0) is 105 Å². The van der Waals surface area contributed by atoms with E-state index in [1.807, 2.05) is 31.0 Å². The number of methoxy groups -OCH3 is 1. The molecule has 322 valence electrons. The Labute approximate surface area is 357 Å². The van der Waals surface area contributed by atoms with Crippen molar-refractivity contribution in [3.05, 3.63) is 82.0 Å². The number of aryl methyl sites for hydroxylation is 2. The molecule has 4 heterocycles. The zero-order valence-electron chi connectivity index (χ0n) is 34.9. The van der Waals surface area contributed by atoms with Crippen molar-refractivity contribution in [3.8, 4) is 11.6 Å². The molecule has 2 bridgehead atoms. The Balaban J connectivity index is 1.21. The number of nitrogens with zero attached hydrogens (tertiary/aromatic N) is 6. The molecule has 14 nitrogen and oxygen atoms in total. The van der Waals surface area contributed by atoms with Gasteiger partial charge in [0.05, 0.1) is 37.2 Å². The second-order valence-electron chi connectivity index (χ2n) is 17.7. The first-order valence-electron chi connectivity index (χ1n) is 21.0. The highest BCUT2D eigenvalue weighted by Crippen LogP contribution is 2.49. The van der Waals surface area contributed by atoms with Crippen LogP contribution < -0.4 is 19.1 Å². The number of aromatic nitrogens is 2. The third-order valence-electron chi connectivity index (χ3n) is 13.3. The number of hydrogen-bond donors (Lipinski definition) is 2.